The largest absolute Gasteiger partial charge is 0.396 e. The molecule has 2 aromatic rings. The van der Waals surface area contributed by atoms with Crippen LogP contribution < -0.4 is 0 Å². The average molecular weight is 306 g/mol. The fourth-order valence-corrected chi connectivity index (χ4v) is 3.50. The number of fused-ring (bicyclic) bond motifs is 3. The summed E-state index contributed by atoms with van der Waals surface area (Å²) in [6, 6.07) is 15.5. The summed E-state index contributed by atoms with van der Waals surface area (Å²) in [7, 11) is 0. The van der Waals surface area contributed by atoms with E-state index < -0.39 is 0 Å². The molecule has 0 unspecified atom stereocenters. The molecule has 0 saturated heterocycles. The molecule has 1 aliphatic carbocycles. The predicted octanol–water partition coefficient (Wildman–Crippen LogP) is 5.60. The molecule has 0 amide bonds. The van der Waals surface area contributed by atoms with E-state index in [0.717, 1.165) is 19.3 Å². The van der Waals surface area contributed by atoms with Crippen LogP contribution in [0.4, 0.5) is 0 Å². The third kappa shape index (κ3) is 3.56. The highest BCUT2D eigenvalue weighted by atomic mass is 16.2. The van der Waals surface area contributed by atoms with E-state index in [-0.39, 0.29) is 6.61 Å². The summed E-state index contributed by atoms with van der Waals surface area (Å²) in [5.41, 5.74) is 8.17. The number of benzene rings is 2. The summed E-state index contributed by atoms with van der Waals surface area (Å²) in [4.78, 5) is 0. The molecule has 0 aliphatic heterocycles. The summed E-state index contributed by atoms with van der Waals surface area (Å²) in [6.45, 7) is 2.45. The number of aliphatic hydroxyl groups excluding tert-OH is 1. The molecule has 23 heavy (non-hydrogen) atoms. The normalized spacial score (nSPS) is 13.0. The van der Waals surface area contributed by atoms with Gasteiger partial charge in [-0.3, -0.25) is 0 Å². The number of rotatable bonds is 7. The molecule has 0 heterocycles. The van der Waals surface area contributed by atoms with Gasteiger partial charge in [-0.25, -0.2) is 0 Å². The van der Waals surface area contributed by atoms with E-state index in [1.165, 1.54) is 52.7 Å². The molecule has 0 fully saturated rings. The zero-order chi connectivity index (χ0) is 16.1. The van der Waals surface area contributed by atoms with Gasteiger partial charge in [0.25, 0.3) is 0 Å². The maximum Gasteiger partial charge on any atom is 0.0471 e. The van der Waals surface area contributed by atoms with Crippen LogP contribution in [0.5, 0.6) is 0 Å². The van der Waals surface area contributed by atoms with Crippen LogP contribution in [0.25, 0.3) is 16.7 Å². The van der Waals surface area contributed by atoms with Gasteiger partial charge >= 0.3 is 0 Å². The highest BCUT2D eigenvalue weighted by molar-refractivity contribution is 5.79. The van der Waals surface area contributed by atoms with Crippen molar-refractivity contribution in [3.8, 4) is 11.1 Å². The number of aliphatic hydroxyl groups is 1. The van der Waals surface area contributed by atoms with Crippen LogP contribution in [-0.2, 0) is 6.42 Å². The maximum absolute atomic E-state index is 9.40. The lowest BCUT2D eigenvalue weighted by Crippen LogP contribution is -1.92. The lowest BCUT2D eigenvalue weighted by Gasteiger charge is -2.09. The number of unbranched alkanes of at least 4 members (excludes halogenated alkanes) is 3. The Morgan fingerprint density at radius 1 is 1.04 bits per heavy atom. The van der Waals surface area contributed by atoms with Gasteiger partial charge in [-0.1, -0.05) is 68.3 Å². The van der Waals surface area contributed by atoms with Crippen molar-refractivity contribution < 1.29 is 5.11 Å². The van der Waals surface area contributed by atoms with E-state index in [1.807, 2.05) is 0 Å². The van der Waals surface area contributed by atoms with E-state index in [9.17, 15) is 5.11 Å². The third-order valence-electron chi connectivity index (χ3n) is 4.74. The van der Waals surface area contributed by atoms with Gasteiger partial charge in [0.2, 0.25) is 0 Å². The Morgan fingerprint density at radius 2 is 1.87 bits per heavy atom. The molecule has 120 valence electrons. The van der Waals surface area contributed by atoms with Gasteiger partial charge < -0.3 is 5.11 Å². The zero-order valence-corrected chi connectivity index (χ0v) is 14.0. The zero-order valence-electron chi connectivity index (χ0n) is 14.0. The molecule has 0 saturated carbocycles. The van der Waals surface area contributed by atoms with E-state index in [4.69, 9.17) is 0 Å². The SMILES string of the molecule is CCCCC/C=C(/CCO)c1ccc2c(c1)Cc1ccccc1-2. The molecular weight excluding hydrogens is 280 g/mol. The van der Waals surface area contributed by atoms with Crippen LogP contribution in [0.3, 0.4) is 0 Å². The van der Waals surface area contributed by atoms with E-state index in [2.05, 4.69) is 55.5 Å². The second-order valence-corrected chi connectivity index (χ2v) is 6.40. The monoisotopic (exact) mass is 306 g/mol. The molecule has 1 nitrogen and oxygen atoms in total. The second-order valence-electron chi connectivity index (χ2n) is 6.40. The average Bonchev–Trinajstić information content (AvgIpc) is 2.95. The van der Waals surface area contributed by atoms with E-state index >= 15 is 0 Å². The summed E-state index contributed by atoms with van der Waals surface area (Å²) in [5.74, 6) is 0. The first-order valence-corrected chi connectivity index (χ1v) is 8.85. The van der Waals surface area contributed by atoms with Gasteiger partial charge in [0.05, 0.1) is 0 Å². The van der Waals surface area contributed by atoms with Gasteiger partial charge in [0.15, 0.2) is 0 Å². The van der Waals surface area contributed by atoms with Crippen molar-refractivity contribution in [3.63, 3.8) is 0 Å². The van der Waals surface area contributed by atoms with Crippen molar-refractivity contribution in [2.24, 2.45) is 0 Å². The van der Waals surface area contributed by atoms with Crippen LogP contribution in [-0.4, -0.2) is 11.7 Å². The summed E-state index contributed by atoms with van der Waals surface area (Å²) >= 11 is 0. The van der Waals surface area contributed by atoms with Crippen molar-refractivity contribution in [1.29, 1.82) is 0 Å². The van der Waals surface area contributed by atoms with E-state index in [1.54, 1.807) is 0 Å². The first kappa shape index (κ1) is 16.0. The molecule has 1 heteroatoms. The topological polar surface area (TPSA) is 20.2 Å². The quantitative estimate of drug-likeness (QED) is 0.563. The number of allylic oxidation sites excluding steroid dienone is 1. The van der Waals surface area contributed by atoms with E-state index in [0.29, 0.717) is 0 Å². The first-order chi connectivity index (χ1) is 11.3. The van der Waals surface area contributed by atoms with Gasteiger partial charge in [-0.05, 0) is 59.1 Å². The smallest absolute Gasteiger partial charge is 0.0471 e. The Bertz CT molecular complexity index is 697. The maximum atomic E-state index is 9.40. The Kier molecular flexibility index (Phi) is 5.30. The Labute approximate surface area is 139 Å². The summed E-state index contributed by atoms with van der Waals surface area (Å²) in [6.07, 6.45) is 8.99. The minimum atomic E-state index is 0.219. The molecule has 1 aliphatic rings. The fraction of sp³-hybridized carbons (Fsp3) is 0.364. The molecule has 3 rings (SSSR count). The molecule has 0 spiro atoms. The van der Waals surface area contributed by atoms with Crippen molar-refractivity contribution in [2.75, 3.05) is 6.61 Å². The molecular formula is C22H26O. The van der Waals surface area contributed by atoms with Gasteiger partial charge in [-0.2, -0.15) is 0 Å². The predicted molar refractivity (Wildman–Crippen MR) is 98.5 cm³/mol. The Morgan fingerprint density at radius 3 is 2.70 bits per heavy atom. The van der Waals surface area contributed by atoms with Crippen LogP contribution >= 0.6 is 0 Å². The van der Waals surface area contributed by atoms with Crippen LogP contribution in [0.1, 0.15) is 55.7 Å². The number of hydrogen-bond donors (Lipinski definition) is 1. The lowest BCUT2D eigenvalue weighted by atomic mass is 9.96. The highest BCUT2D eigenvalue weighted by Crippen LogP contribution is 2.38. The summed E-state index contributed by atoms with van der Waals surface area (Å²) in [5, 5.41) is 9.40. The van der Waals surface area contributed by atoms with Crippen LogP contribution in [0.15, 0.2) is 48.5 Å². The molecule has 0 bridgehead atoms. The highest BCUT2D eigenvalue weighted by Gasteiger charge is 2.18. The fourth-order valence-electron chi connectivity index (χ4n) is 3.50. The van der Waals surface area contributed by atoms with Gasteiger partial charge in [0.1, 0.15) is 0 Å². The van der Waals surface area contributed by atoms with Gasteiger partial charge in [-0.15, -0.1) is 0 Å². The minimum absolute atomic E-state index is 0.219. The minimum Gasteiger partial charge on any atom is -0.396 e. The van der Waals surface area contributed by atoms with Crippen molar-refractivity contribution in [2.45, 2.75) is 45.4 Å². The third-order valence-corrected chi connectivity index (χ3v) is 4.74. The molecule has 2 aromatic carbocycles. The lowest BCUT2D eigenvalue weighted by molar-refractivity contribution is 0.305. The summed E-state index contributed by atoms with van der Waals surface area (Å²) < 4.78 is 0. The molecule has 0 aromatic heterocycles. The first-order valence-electron chi connectivity index (χ1n) is 8.85. The number of hydrogen-bond acceptors (Lipinski definition) is 1. The second kappa shape index (κ2) is 7.61. The molecule has 0 atom stereocenters. The molecule has 1 N–H and O–H groups in total. The van der Waals surface area contributed by atoms with Crippen molar-refractivity contribution in [3.05, 3.63) is 65.2 Å². The van der Waals surface area contributed by atoms with Crippen molar-refractivity contribution >= 4 is 5.57 Å². The van der Waals surface area contributed by atoms with Gasteiger partial charge in [0, 0.05) is 6.61 Å². The standard InChI is InChI=1S/C22H26O/c1-2-3-4-5-8-17(13-14-23)18-11-12-22-20(15-18)16-19-9-6-7-10-21(19)22/h6-12,15,23H,2-5,13-14,16H2,1H3/b17-8-. The van der Waals surface area contributed by atoms with Crippen LogP contribution in [0.2, 0.25) is 0 Å². The Hall–Kier alpha value is -1.86. The van der Waals surface area contributed by atoms with Crippen molar-refractivity contribution in [1.82, 2.24) is 0 Å². The van der Waals surface area contributed by atoms with Crippen LogP contribution in [0, 0.1) is 0 Å². The Balaban J connectivity index is 1.84. The molecule has 0 radical (unpaired) electrons.